The first kappa shape index (κ1) is 16.1. The summed E-state index contributed by atoms with van der Waals surface area (Å²) in [5.41, 5.74) is 1.12. The van der Waals surface area contributed by atoms with Gasteiger partial charge in [-0.1, -0.05) is 6.08 Å². The third-order valence-corrected chi connectivity index (χ3v) is 4.20. The lowest BCUT2D eigenvalue weighted by atomic mass is 9.77. The maximum Gasteiger partial charge on any atom is 0.492 e. The second-order valence-electron chi connectivity index (χ2n) is 6.33. The third-order valence-electron chi connectivity index (χ3n) is 4.20. The van der Waals surface area contributed by atoms with Gasteiger partial charge in [0.2, 0.25) is 5.95 Å². The van der Waals surface area contributed by atoms with Crippen LogP contribution in [0, 0.1) is 12.9 Å². The van der Waals surface area contributed by atoms with Gasteiger partial charge < -0.3 is 14.4 Å². The zero-order valence-corrected chi connectivity index (χ0v) is 13.1. The summed E-state index contributed by atoms with van der Waals surface area (Å²) in [6, 6.07) is 1.35. The predicted molar refractivity (Wildman–Crippen MR) is 80.1 cm³/mol. The summed E-state index contributed by atoms with van der Waals surface area (Å²) >= 11 is 0. The van der Waals surface area contributed by atoms with Gasteiger partial charge in [0.25, 0.3) is 0 Å². The summed E-state index contributed by atoms with van der Waals surface area (Å²) in [5, 5.41) is 9.61. The molecule has 0 radical (unpaired) electrons. The van der Waals surface area contributed by atoms with E-state index in [1.54, 1.807) is 13.0 Å². The van der Waals surface area contributed by atoms with E-state index < -0.39 is 24.3 Å². The van der Waals surface area contributed by atoms with Crippen LogP contribution in [-0.2, 0) is 9.31 Å². The lowest BCUT2D eigenvalue weighted by molar-refractivity contribution is 0.00578. The minimum atomic E-state index is -0.621. The van der Waals surface area contributed by atoms with E-state index in [2.05, 4.69) is 4.98 Å². The molecule has 6 heteroatoms. The van der Waals surface area contributed by atoms with Gasteiger partial charge in [-0.15, -0.1) is 0 Å². The van der Waals surface area contributed by atoms with Crippen molar-refractivity contribution in [1.29, 1.82) is 0 Å². The number of aryl methyl sites for hydroxylation is 1. The monoisotopic (exact) mass is 293 g/mol. The lowest BCUT2D eigenvalue weighted by Gasteiger charge is -2.32. The molecule has 1 saturated heterocycles. The molecule has 1 aromatic heterocycles. The van der Waals surface area contributed by atoms with Crippen molar-refractivity contribution in [2.24, 2.45) is 0 Å². The highest BCUT2D eigenvalue weighted by Crippen LogP contribution is 2.38. The van der Waals surface area contributed by atoms with Gasteiger partial charge >= 0.3 is 7.12 Å². The van der Waals surface area contributed by atoms with Gasteiger partial charge in [-0.05, 0) is 57.3 Å². The molecule has 1 aromatic rings. The topological polar surface area (TPSA) is 51.6 Å². The first-order valence-electron chi connectivity index (χ1n) is 6.95. The van der Waals surface area contributed by atoms with E-state index in [-0.39, 0.29) is 6.61 Å². The number of aromatic nitrogens is 1. The summed E-state index contributed by atoms with van der Waals surface area (Å²) in [4.78, 5) is 3.64. The minimum Gasteiger partial charge on any atom is -0.400 e. The van der Waals surface area contributed by atoms with Crippen LogP contribution in [-0.4, -0.2) is 35.0 Å². The van der Waals surface area contributed by atoms with Crippen LogP contribution in [0.4, 0.5) is 4.39 Å². The number of pyridine rings is 1. The summed E-state index contributed by atoms with van der Waals surface area (Å²) in [6.07, 6.45) is 3.18. The number of aliphatic hydroxyl groups is 1. The molecule has 1 N–H and O–H groups in total. The van der Waals surface area contributed by atoms with Crippen molar-refractivity contribution in [1.82, 2.24) is 4.98 Å². The Kier molecular flexibility index (Phi) is 4.24. The van der Waals surface area contributed by atoms with E-state index in [1.165, 1.54) is 12.3 Å². The van der Waals surface area contributed by atoms with E-state index in [1.807, 2.05) is 27.7 Å². The molecule has 2 heterocycles. The normalized spacial score (nSPS) is 20.9. The molecule has 4 nitrogen and oxygen atoms in total. The fraction of sp³-hybridized carbons (Fsp3) is 0.533. The van der Waals surface area contributed by atoms with E-state index in [9.17, 15) is 9.50 Å². The van der Waals surface area contributed by atoms with Gasteiger partial charge in [0.05, 0.1) is 17.8 Å². The number of hydrogen-bond acceptors (Lipinski definition) is 4. The van der Waals surface area contributed by atoms with Gasteiger partial charge in [-0.2, -0.15) is 4.39 Å². The SMILES string of the molecule is Cc1cc(F)ncc1C=C(CO)B1OC(C)(C)C(C)(C)O1. The molecule has 0 spiro atoms. The predicted octanol–water partition coefficient (Wildman–Crippen LogP) is 2.54. The van der Waals surface area contributed by atoms with Crippen LogP contribution in [0.15, 0.2) is 17.7 Å². The summed E-state index contributed by atoms with van der Waals surface area (Å²) in [7, 11) is -0.621. The van der Waals surface area contributed by atoms with Crippen molar-refractivity contribution in [3.8, 4) is 0 Å². The van der Waals surface area contributed by atoms with Crippen molar-refractivity contribution < 1.29 is 18.8 Å². The third kappa shape index (κ3) is 3.17. The highest BCUT2D eigenvalue weighted by Gasteiger charge is 2.52. The first-order valence-corrected chi connectivity index (χ1v) is 6.95. The Labute approximate surface area is 125 Å². The standard InChI is InChI=1S/C15H21BFNO3/c1-10-6-13(17)18-8-11(10)7-12(9-19)16-20-14(2,3)15(4,5)21-16/h6-8,19H,9H2,1-5H3. The van der Waals surface area contributed by atoms with Gasteiger partial charge in [-0.3, -0.25) is 0 Å². The first-order chi connectivity index (χ1) is 9.66. The highest BCUT2D eigenvalue weighted by molar-refractivity contribution is 6.55. The Morgan fingerprint density at radius 2 is 1.90 bits per heavy atom. The van der Waals surface area contributed by atoms with E-state index in [4.69, 9.17) is 9.31 Å². The van der Waals surface area contributed by atoms with Gasteiger partial charge in [-0.25, -0.2) is 4.98 Å². The van der Waals surface area contributed by atoms with Gasteiger partial charge in [0, 0.05) is 6.20 Å². The molecule has 0 bridgehead atoms. The summed E-state index contributed by atoms with van der Waals surface area (Å²) < 4.78 is 24.9. The molecule has 0 amide bonds. The Morgan fingerprint density at radius 1 is 1.33 bits per heavy atom. The molecule has 0 unspecified atom stereocenters. The van der Waals surface area contributed by atoms with Crippen LogP contribution in [0.25, 0.3) is 6.08 Å². The number of aliphatic hydroxyl groups excluding tert-OH is 1. The molecule has 0 atom stereocenters. The second kappa shape index (κ2) is 5.52. The average Bonchev–Trinajstić information content (AvgIpc) is 2.57. The molecule has 114 valence electrons. The zero-order valence-electron chi connectivity index (χ0n) is 13.1. The van der Waals surface area contributed by atoms with Crippen LogP contribution < -0.4 is 0 Å². The zero-order chi connectivity index (χ0) is 15.8. The number of halogens is 1. The highest BCUT2D eigenvalue weighted by atomic mass is 19.1. The van der Waals surface area contributed by atoms with Crippen LogP contribution in [0.3, 0.4) is 0 Å². The van der Waals surface area contributed by atoms with Crippen LogP contribution in [0.1, 0.15) is 38.8 Å². The molecule has 0 saturated carbocycles. The molecule has 21 heavy (non-hydrogen) atoms. The average molecular weight is 293 g/mol. The molecule has 1 fully saturated rings. The molecular formula is C15H21BFNO3. The maximum absolute atomic E-state index is 13.0. The van der Waals surface area contributed by atoms with Crippen molar-refractivity contribution in [2.45, 2.75) is 45.8 Å². The lowest BCUT2D eigenvalue weighted by Crippen LogP contribution is -2.41. The molecule has 2 rings (SSSR count). The van der Waals surface area contributed by atoms with E-state index in [0.717, 1.165) is 11.1 Å². The minimum absolute atomic E-state index is 0.201. The Balaban J connectivity index is 2.31. The smallest absolute Gasteiger partial charge is 0.400 e. The van der Waals surface area contributed by atoms with Crippen LogP contribution >= 0.6 is 0 Å². The molecule has 1 aliphatic rings. The van der Waals surface area contributed by atoms with Crippen molar-refractivity contribution in [2.75, 3.05) is 6.61 Å². The second-order valence-corrected chi connectivity index (χ2v) is 6.33. The van der Waals surface area contributed by atoms with Crippen LogP contribution in [0.2, 0.25) is 0 Å². The fourth-order valence-corrected chi connectivity index (χ4v) is 2.07. The Hall–Kier alpha value is -1.24. The molecule has 0 aromatic carbocycles. The largest absolute Gasteiger partial charge is 0.492 e. The Morgan fingerprint density at radius 3 is 2.38 bits per heavy atom. The van der Waals surface area contributed by atoms with Gasteiger partial charge in [0.1, 0.15) is 0 Å². The molecule has 0 aliphatic carbocycles. The maximum atomic E-state index is 13.0. The summed E-state index contributed by atoms with van der Waals surface area (Å²) in [5.74, 6) is -0.522. The van der Waals surface area contributed by atoms with E-state index in [0.29, 0.717) is 5.47 Å². The van der Waals surface area contributed by atoms with Crippen molar-refractivity contribution >= 4 is 13.2 Å². The van der Waals surface area contributed by atoms with Crippen molar-refractivity contribution in [3.05, 3.63) is 34.8 Å². The van der Waals surface area contributed by atoms with E-state index >= 15 is 0 Å². The quantitative estimate of drug-likeness (QED) is 0.687. The van der Waals surface area contributed by atoms with Gasteiger partial charge in [0.15, 0.2) is 0 Å². The molecular weight excluding hydrogens is 272 g/mol. The fourth-order valence-electron chi connectivity index (χ4n) is 2.07. The number of nitrogens with zero attached hydrogens (tertiary/aromatic N) is 1. The summed E-state index contributed by atoms with van der Waals surface area (Å²) in [6.45, 7) is 9.39. The molecule has 1 aliphatic heterocycles. The van der Waals surface area contributed by atoms with Crippen LogP contribution in [0.5, 0.6) is 0 Å². The number of hydrogen-bond donors (Lipinski definition) is 1. The number of rotatable bonds is 3. The van der Waals surface area contributed by atoms with Crippen molar-refractivity contribution in [3.63, 3.8) is 0 Å². The Bertz CT molecular complexity index is 556.